The summed E-state index contributed by atoms with van der Waals surface area (Å²) in [6, 6.07) is 9.18. The van der Waals surface area contributed by atoms with E-state index in [4.69, 9.17) is 32.7 Å². The Kier molecular flexibility index (Phi) is 10.7. The third-order valence-corrected chi connectivity index (χ3v) is 8.11. The van der Waals surface area contributed by atoms with Crippen LogP contribution in [0.25, 0.3) is 0 Å². The van der Waals surface area contributed by atoms with Gasteiger partial charge in [-0.3, -0.25) is 13.9 Å². The van der Waals surface area contributed by atoms with E-state index in [0.29, 0.717) is 52.6 Å². The molecule has 3 rings (SSSR count). The summed E-state index contributed by atoms with van der Waals surface area (Å²) in [7, 11) is -3.65. The molecule has 0 radical (unpaired) electrons. The predicted molar refractivity (Wildman–Crippen MR) is 153 cm³/mol. The molecule has 1 aliphatic rings. The van der Waals surface area contributed by atoms with Crippen molar-refractivity contribution in [2.75, 3.05) is 36.9 Å². The summed E-state index contributed by atoms with van der Waals surface area (Å²) in [5.41, 5.74) is 0.946. The van der Waals surface area contributed by atoms with Gasteiger partial charge in [0.25, 0.3) is 0 Å². The molecule has 0 fully saturated rings. The van der Waals surface area contributed by atoms with Crippen LogP contribution in [0.3, 0.4) is 0 Å². The number of halogens is 2. The molecule has 2 aromatic carbocycles. The zero-order chi connectivity index (χ0) is 28.7. The highest BCUT2D eigenvalue weighted by Gasteiger charge is 2.28. The summed E-state index contributed by atoms with van der Waals surface area (Å²) < 4.78 is 37.6. The highest BCUT2D eigenvalue weighted by Crippen LogP contribution is 2.35. The van der Waals surface area contributed by atoms with Crippen molar-refractivity contribution in [2.45, 2.75) is 46.2 Å². The Morgan fingerprint density at radius 3 is 2.28 bits per heavy atom. The van der Waals surface area contributed by atoms with Crippen molar-refractivity contribution in [3.05, 3.63) is 52.0 Å². The molecule has 0 saturated heterocycles. The number of anilines is 1. The lowest BCUT2D eigenvalue weighted by atomic mass is 10.1. The van der Waals surface area contributed by atoms with Crippen LogP contribution in [0.15, 0.2) is 36.4 Å². The van der Waals surface area contributed by atoms with Gasteiger partial charge in [-0.05, 0) is 43.5 Å². The van der Waals surface area contributed by atoms with Crippen molar-refractivity contribution in [2.24, 2.45) is 5.92 Å². The molecule has 0 aliphatic carbocycles. The molecule has 1 atom stereocenters. The molecular formula is C27H35Cl2N3O6S. The molecule has 214 valence electrons. The number of nitrogens with one attached hydrogen (secondary N) is 1. The summed E-state index contributed by atoms with van der Waals surface area (Å²) in [4.78, 5) is 27.8. The van der Waals surface area contributed by atoms with E-state index in [1.165, 1.54) is 9.21 Å². The largest absolute Gasteiger partial charge is 0.486 e. The first-order chi connectivity index (χ1) is 18.4. The molecule has 0 spiro atoms. The first kappa shape index (κ1) is 30.8. The van der Waals surface area contributed by atoms with Gasteiger partial charge in [-0.1, -0.05) is 43.1 Å². The van der Waals surface area contributed by atoms with Gasteiger partial charge in [0.1, 0.15) is 19.3 Å². The van der Waals surface area contributed by atoms with Gasteiger partial charge >= 0.3 is 0 Å². The van der Waals surface area contributed by atoms with Gasteiger partial charge in [-0.2, -0.15) is 0 Å². The monoisotopic (exact) mass is 599 g/mol. The fourth-order valence-electron chi connectivity index (χ4n) is 4.08. The number of rotatable bonds is 12. The Bertz CT molecular complexity index is 1270. The molecule has 0 saturated carbocycles. The van der Waals surface area contributed by atoms with Crippen molar-refractivity contribution >= 4 is 50.7 Å². The number of amides is 2. The van der Waals surface area contributed by atoms with Crippen molar-refractivity contribution in [3.8, 4) is 11.5 Å². The van der Waals surface area contributed by atoms with E-state index in [1.807, 2.05) is 13.8 Å². The number of carbonyl (C=O) groups is 2. The fourth-order valence-corrected chi connectivity index (χ4v) is 5.55. The zero-order valence-electron chi connectivity index (χ0n) is 22.6. The van der Waals surface area contributed by atoms with Crippen LogP contribution in [0, 0.1) is 5.92 Å². The van der Waals surface area contributed by atoms with E-state index < -0.39 is 16.1 Å². The summed E-state index contributed by atoms with van der Waals surface area (Å²) >= 11 is 12.7. The van der Waals surface area contributed by atoms with Gasteiger partial charge in [0.2, 0.25) is 21.8 Å². The van der Waals surface area contributed by atoms with E-state index in [2.05, 4.69) is 5.32 Å². The summed E-state index contributed by atoms with van der Waals surface area (Å²) in [5, 5.41) is 3.64. The maximum Gasteiger partial charge on any atom is 0.242 e. The van der Waals surface area contributed by atoms with Gasteiger partial charge in [0.15, 0.2) is 11.5 Å². The number of fused-ring (bicyclic) bond motifs is 1. The zero-order valence-corrected chi connectivity index (χ0v) is 24.9. The quantitative estimate of drug-likeness (QED) is 0.385. The molecule has 1 N–H and O–H groups in total. The first-order valence-corrected chi connectivity index (χ1v) is 15.4. The number of hydrogen-bond donors (Lipinski definition) is 1. The maximum absolute atomic E-state index is 13.5. The normalized spacial score (nSPS) is 13.6. The van der Waals surface area contributed by atoms with E-state index in [9.17, 15) is 18.0 Å². The molecule has 0 unspecified atom stereocenters. The van der Waals surface area contributed by atoms with Crippen molar-refractivity contribution in [1.29, 1.82) is 0 Å². The molecule has 1 heterocycles. The summed E-state index contributed by atoms with van der Waals surface area (Å²) in [6.45, 7) is 6.96. The second-order valence-electron chi connectivity index (χ2n) is 9.80. The molecule has 1 aliphatic heterocycles. The Hall–Kier alpha value is -2.69. The van der Waals surface area contributed by atoms with Crippen LogP contribution in [0.5, 0.6) is 11.5 Å². The van der Waals surface area contributed by atoms with E-state index in [1.54, 1.807) is 43.3 Å². The molecule has 0 aromatic heterocycles. The Labute approximate surface area is 240 Å². The Morgan fingerprint density at radius 2 is 1.67 bits per heavy atom. The smallest absolute Gasteiger partial charge is 0.242 e. The highest BCUT2D eigenvalue weighted by atomic mass is 35.5. The average molecular weight is 601 g/mol. The van der Waals surface area contributed by atoms with Gasteiger partial charge in [0.05, 0.1) is 11.9 Å². The van der Waals surface area contributed by atoms with Crippen LogP contribution in [-0.2, 0) is 26.2 Å². The highest BCUT2D eigenvalue weighted by molar-refractivity contribution is 7.92. The van der Waals surface area contributed by atoms with Gasteiger partial charge in [-0.25, -0.2) is 8.42 Å². The SMILES string of the molecule is CC(C)CNC(=O)[C@H](C)N(Cc1c(Cl)cccc1Cl)C(=O)CCCN(c1ccc2c(c1)OCCO2)S(C)(=O)=O. The van der Waals surface area contributed by atoms with Crippen LogP contribution in [0.2, 0.25) is 10.0 Å². The first-order valence-electron chi connectivity index (χ1n) is 12.8. The van der Waals surface area contributed by atoms with Gasteiger partial charge < -0.3 is 19.7 Å². The number of benzene rings is 2. The molecule has 9 nitrogen and oxygen atoms in total. The number of ether oxygens (including phenoxy) is 2. The van der Waals surface area contributed by atoms with E-state index >= 15 is 0 Å². The standard InChI is InChI=1S/C27H35Cl2N3O6S/c1-18(2)16-30-27(34)19(3)31(17-21-22(28)7-5-8-23(21)29)26(33)9-6-12-32(39(4,35)36)20-10-11-24-25(15-20)38-14-13-37-24/h5,7-8,10-11,15,18-19H,6,9,12-14,16-17H2,1-4H3,(H,30,34)/t19-/m0/s1. The van der Waals surface area contributed by atoms with E-state index in [-0.39, 0.29) is 43.7 Å². The number of sulfonamides is 1. The fraction of sp³-hybridized carbons (Fsp3) is 0.481. The minimum absolute atomic E-state index is 0.000441. The van der Waals surface area contributed by atoms with Crippen LogP contribution >= 0.6 is 23.2 Å². The van der Waals surface area contributed by atoms with Gasteiger partial charge in [-0.15, -0.1) is 0 Å². The molecule has 2 amide bonds. The van der Waals surface area contributed by atoms with Crippen molar-refractivity contribution < 1.29 is 27.5 Å². The summed E-state index contributed by atoms with van der Waals surface area (Å²) in [6.07, 6.45) is 1.33. The summed E-state index contributed by atoms with van der Waals surface area (Å²) in [5.74, 6) is 0.633. The average Bonchev–Trinajstić information content (AvgIpc) is 2.88. The molecule has 0 bridgehead atoms. The van der Waals surface area contributed by atoms with Crippen molar-refractivity contribution in [3.63, 3.8) is 0 Å². The topological polar surface area (TPSA) is 105 Å². The van der Waals surface area contributed by atoms with E-state index in [0.717, 1.165) is 6.26 Å². The van der Waals surface area contributed by atoms with Gasteiger partial charge in [0, 0.05) is 47.7 Å². The third-order valence-electron chi connectivity index (χ3n) is 6.21. The molecular weight excluding hydrogens is 565 g/mol. The minimum Gasteiger partial charge on any atom is -0.486 e. The maximum atomic E-state index is 13.5. The lowest BCUT2D eigenvalue weighted by Crippen LogP contribution is -2.48. The van der Waals surface area contributed by atoms with Crippen LogP contribution in [0.4, 0.5) is 5.69 Å². The second-order valence-corrected chi connectivity index (χ2v) is 12.5. The van der Waals surface area contributed by atoms with Crippen LogP contribution < -0.4 is 19.1 Å². The second kappa shape index (κ2) is 13.6. The molecule has 39 heavy (non-hydrogen) atoms. The van der Waals surface area contributed by atoms with Crippen LogP contribution in [0.1, 0.15) is 39.2 Å². The lowest BCUT2D eigenvalue weighted by molar-refractivity contribution is -0.140. The number of carbonyl (C=O) groups excluding carboxylic acids is 2. The van der Waals surface area contributed by atoms with Crippen LogP contribution in [-0.4, -0.2) is 63.7 Å². The lowest BCUT2D eigenvalue weighted by Gasteiger charge is -2.30. The predicted octanol–water partition coefficient (Wildman–Crippen LogP) is 4.50. The Balaban J connectivity index is 1.77. The Morgan fingerprint density at radius 1 is 1.03 bits per heavy atom. The molecule has 12 heteroatoms. The van der Waals surface area contributed by atoms with Crippen molar-refractivity contribution in [1.82, 2.24) is 10.2 Å². The minimum atomic E-state index is -3.65. The number of hydrogen-bond acceptors (Lipinski definition) is 6. The number of nitrogens with zero attached hydrogens (tertiary/aromatic N) is 2. The third kappa shape index (κ3) is 8.40. The molecule has 2 aromatic rings.